The summed E-state index contributed by atoms with van der Waals surface area (Å²) in [6.07, 6.45) is 1.05. The van der Waals surface area contributed by atoms with Crippen molar-refractivity contribution < 1.29 is 4.39 Å². The van der Waals surface area contributed by atoms with Gasteiger partial charge in [0.05, 0.1) is 0 Å². The SMILES string of the molecule is CCC1(C)Nc2cccc(F)c2C(C)C1C. The van der Waals surface area contributed by atoms with Gasteiger partial charge in [-0.15, -0.1) is 0 Å². The first kappa shape index (κ1) is 11.4. The van der Waals surface area contributed by atoms with E-state index < -0.39 is 0 Å². The highest BCUT2D eigenvalue weighted by atomic mass is 19.1. The van der Waals surface area contributed by atoms with Crippen LogP contribution >= 0.6 is 0 Å². The zero-order valence-corrected chi connectivity index (χ0v) is 10.5. The van der Waals surface area contributed by atoms with E-state index in [1.807, 2.05) is 6.07 Å². The average molecular weight is 221 g/mol. The molecule has 3 atom stereocenters. The van der Waals surface area contributed by atoms with Gasteiger partial charge in [0, 0.05) is 16.8 Å². The van der Waals surface area contributed by atoms with Crippen molar-refractivity contribution in [1.82, 2.24) is 0 Å². The number of hydrogen-bond donors (Lipinski definition) is 1. The van der Waals surface area contributed by atoms with Crippen LogP contribution in [0.1, 0.15) is 45.6 Å². The van der Waals surface area contributed by atoms with Crippen LogP contribution in [0.2, 0.25) is 0 Å². The van der Waals surface area contributed by atoms with E-state index in [9.17, 15) is 4.39 Å². The Morgan fingerprint density at radius 3 is 2.69 bits per heavy atom. The Morgan fingerprint density at radius 2 is 2.06 bits per heavy atom. The average Bonchev–Trinajstić information content (AvgIpc) is 2.26. The normalized spacial score (nSPS) is 33.1. The highest BCUT2D eigenvalue weighted by molar-refractivity contribution is 5.58. The molecule has 0 saturated heterocycles. The van der Waals surface area contributed by atoms with Crippen molar-refractivity contribution in [3.63, 3.8) is 0 Å². The molecule has 2 rings (SSSR count). The van der Waals surface area contributed by atoms with Crippen LogP contribution in [-0.2, 0) is 0 Å². The number of rotatable bonds is 1. The van der Waals surface area contributed by atoms with Gasteiger partial charge in [-0.05, 0) is 37.3 Å². The van der Waals surface area contributed by atoms with Crippen molar-refractivity contribution in [3.8, 4) is 0 Å². The van der Waals surface area contributed by atoms with Crippen molar-refractivity contribution in [2.75, 3.05) is 5.32 Å². The van der Waals surface area contributed by atoms with Crippen LogP contribution in [-0.4, -0.2) is 5.54 Å². The summed E-state index contributed by atoms with van der Waals surface area (Å²) in [7, 11) is 0. The van der Waals surface area contributed by atoms with Crippen LogP contribution in [0.3, 0.4) is 0 Å². The molecule has 0 radical (unpaired) electrons. The maximum absolute atomic E-state index is 13.8. The number of benzene rings is 1. The molecule has 2 heteroatoms. The molecular weight excluding hydrogens is 201 g/mol. The standard InChI is InChI=1S/C14H20FN/c1-5-14(4)10(3)9(2)13-11(15)7-6-8-12(13)16-14/h6-10,16H,5H2,1-4H3. The molecular formula is C14H20FN. The maximum Gasteiger partial charge on any atom is 0.128 e. The van der Waals surface area contributed by atoms with Gasteiger partial charge in [-0.3, -0.25) is 0 Å². The Labute approximate surface area is 97.1 Å². The number of halogens is 1. The minimum absolute atomic E-state index is 0.0697. The van der Waals surface area contributed by atoms with Gasteiger partial charge in [-0.2, -0.15) is 0 Å². The van der Waals surface area contributed by atoms with E-state index in [2.05, 4.69) is 33.0 Å². The van der Waals surface area contributed by atoms with Gasteiger partial charge in [0.1, 0.15) is 5.82 Å². The molecule has 0 bridgehead atoms. The maximum atomic E-state index is 13.8. The largest absolute Gasteiger partial charge is 0.379 e. The highest BCUT2D eigenvalue weighted by Crippen LogP contribution is 2.45. The van der Waals surface area contributed by atoms with E-state index in [-0.39, 0.29) is 17.3 Å². The molecule has 1 aliphatic rings. The Morgan fingerprint density at radius 1 is 1.38 bits per heavy atom. The molecule has 0 aromatic heterocycles. The molecule has 1 heterocycles. The summed E-state index contributed by atoms with van der Waals surface area (Å²) in [5.74, 6) is 0.617. The Hall–Kier alpha value is -1.05. The fraction of sp³-hybridized carbons (Fsp3) is 0.571. The third-order valence-electron chi connectivity index (χ3n) is 4.42. The van der Waals surface area contributed by atoms with E-state index >= 15 is 0 Å². The van der Waals surface area contributed by atoms with Crippen LogP contribution < -0.4 is 5.32 Å². The minimum Gasteiger partial charge on any atom is -0.379 e. The van der Waals surface area contributed by atoms with E-state index in [1.165, 1.54) is 0 Å². The lowest BCUT2D eigenvalue weighted by molar-refractivity contribution is 0.279. The van der Waals surface area contributed by atoms with Crippen LogP contribution in [0, 0.1) is 11.7 Å². The lowest BCUT2D eigenvalue weighted by Crippen LogP contribution is -2.46. The molecule has 1 aromatic carbocycles. The molecule has 0 spiro atoms. The number of hydrogen-bond acceptors (Lipinski definition) is 1. The molecule has 1 aliphatic heterocycles. The lowest BCUT2D eigenvalue weighted by Gasteiger charge is -2.45. The van der Waals surface area contributed by atoms with Crippen LogP contribution in [0.5, 0.6) is 0 Å². The smallest absolute Gasteiger partial charge is 0.128 e. The molecule has 1 N–H and O–H groups in total. The van der Waals surface area contributed by atoms with Gasteiger partial charge in [0.15, 0.2) is 0 Å². The molecule has 0 amide bonds. The minimum atomic E-state index is -0.0810. The second-order valence-electron chi connectivity index (χ2n) is 5.17. The second-order valence-corrected chi connectivity index (χ2v) is 5.17. The van der Waals surface area contributed by atoms with Gasteiger partial charge < -0.3 is 5.32 Å². The molecule has 16 heavy (non-hydrogen) atoms. The molecule has 3 unspecified atom stereocenters. The van der Waals surface area contributed by atoms with Crippen LogP contribution in [0.4, 0.5) is 10.1 Å². The zero-order chi connectivity index (χ0) is 11.9. The quantitative estimate of drug-likeness (QED) is 0.750. The van der Waals surface area contributed by atoms with Crippen molar-refractivity contribution in [3.05, 3.63) is 29.6 Å². The van der Waals surface area contributed by atoms with E-state index in [0.717, 1.165) is 17.7 Å². The van der Waals surface area contributed by atoms with Crippen molar-refractivity contribution in [2.24, 2.45) is 5.92 Å². The first-order valence-electron chi connectivity index (χ1n) is 6.06. The molecule has 0 saturated carbocycles. The van der Waals surface area contributed by atoms with Crippen molar-refractivity contribution >= 4 is 5.69 Å². The van der Waals surface area contributed by atoms with Gasteiger partial charge in [0.25, 0.3) is 0 Å². The predicted molar refractivity (Wildman–Crippen MR) is 66.3 cm³/mol. The van der Waals surface area contributed by atoms with Crippen molar-refractivity contribution in [1.29, 1.82) is 0 Å². The predicted octanol–water partition coefficient (Wildman–Crippen LogP) is 4.16. The van der Waals surface area contributed by atoms with E-state index in [0.29, 0.717) is 5.92 Å². The summed E-state index contributed by atoms with van der Waals surface area (Å²) in [5, 5.41) is 3.50. The summed E-state index contributed by atoms with van der Waals surface area (Å²) in [5.41, 5.74) is 1.89. The molecule has 1 nitrogen and oxygen atoms in total. The molecule has 88 valence electrons. The van der Waals surface area contributed by atoms with Gasteiger partial charge in [-0.1, -0.05) is 26.8 Å². The molecule has 1 aromatic rings. The lowest BCUT2D eigenvalue weighted by atomic mass is 9.71. The highest BCUT2D eigenvalue weighted by Gasteiger charge is 2.39. The summed E-state index contributed by atoms with van der Waals surface area (Å²) in [4.78, 5) is 0. The first-order chi connectivity index (χ1) is 7.49. The monoisotopic (exact) mass is 221 g/mol. The molecule has 0 aliphatic carbocycles. The summed E-state index contributed by atoms with van der Waals surface area (Å²) < 4.78 is 13.8. The van der Waals surface area contributed by atoms with Gasteiger partial charge in [-0.25, -0.2) is 4.39 Å². The summed E-state index contributed by atoms with van der Waals surface area (Å²) >= 11 is 0. The number of anilines is 1. The van der Waals surface area contributed by atoms with Crippen LogP contribution in [0.15, 0.2) is 18.2 Å². The van der Waals surface area contributed by atoms with Gasteiger partial charge >= 0.3 is 0 Å². The fourth-order valence-electron chi connectivity index (χ4n) is 2.74. The van der Waals surface area contributed by atoms with Crippen molar-refractivity contribution in [2.45, 2.75) is 45.6 Å². The third-order valence-corrected chi connectivity index (χ3v) is 4.42. The summed E-state index contributed by atoms with van der Waals surface area (Å²) in [6.45, 7) is 8.74. The van der Waals surface area contributed by atoms with Crippen LogP contribution in [0.25, 0.3) is 0 Å². The number of fused-ring (bicyclic) bond motifs is 1. The Balaban J connectivity index is 2.52. The second kappa shape index (κ2) is 3.76. The van der Waals surface area contributed by atoms with E-state index in [4.69, 9.17) is 0 Å². The number of nitrogens with one attached hydrogen (secondary N) is 1. The topological polar surface area (TPSA) is 12.0 Å². The zero-order valence-electron chi connectivity index (χ0n) is 10.5. The molecule has 0 fully saturated rings. The van der Waals surface area contributed by atoms with Gasteiger partial charge in [0.2, 0.25) is 0 Å². The summed E-state index contributed by atoms with van der Waals surface area (Å²) in [6, 6.07) is 5.31. The Bertz CT molecular complexity index is 402. The van der Waals surface area contributed by atoms with E-state index in [1.54, 1.807) is 12.1 Å². The fourth-order valence-corrected chi connectivity index (χ4v) is 2.74. The Kier molecular flexibility index (Phi) is 2.69. The third kappa shape index (κ3) is 1.51. The first-order valence-corrected chi connectivity index (χ1v) is 6.06.